The van der Waals surface area contributed by atoms with Crippen LogP contribution in [0.3, 0.4) is 0 Å². The summed E-state index contributed by atoms with van der Waals surface area (Å²) in [7, 11) is 0. The normalized spacial score (nSPS) is 17.3. The summed E-state index contributed by atoms with van der Waals surface area (Å²) in [5, 5.41) is 10.2. The van der Waals surface area contributed by atoms with Gasteiger partial charge < -0.3 is 20.8 Å². The zero-order valence-electron chi connectivity index (χ0n) is 18.0. The molecule has 0 bridgehead atoms. The van der Waals surface area contributed by atoms with E-state index in [1.165, 1.54) is 17.6 Å². The molecule has 2 unspecified atom stereocenters. The minimum atomic E-state index is -0.473. The lowest BCUT2D eigenvalue weighted by Crippen LogP contribution is -2.43. The summed E-state index contributed by atoms with van der Waals surface area (Å²) < 4.78 is 5.04. The molecule has 1 aliphatic rings. The molecule has 1 fully saturated rings. The molecule has 2 atom stereocenters. The van der Waals surface area contributed by atoms with E-state index in [0.29, 0.717) is 13.0 Å². The molecule has 2 aromatic rings. The third-order valence-corrected chi connectivity index (χ3v) is 6.07. The molecular weight excluding hydrogens is 428 g/mol. The second-order valence-electron chi connectivity index (χ2n) is 7.59. The first-order valence-electron chi connectivity index (χ1n) is 10.6. The van der Waals surface area contributed by atoms with E-state index in [2.05, 4.69) is 10.4 Å². The third-order valence-electron chi connectivity index (χ3n) is 5.37. The first-order chi connectivity index (χ1) is 15.5. The second-order valence-corrected chi connectivity index (χ2v) is 8.37. The Hall–Kier alpha value is -3.20. The summed E-state index contributed by atoms with van der Waals surface area (Å²) in [6, 6.07) is 8.79. The third kappa shape index (κ3) is 6.16. The lowest BCUT2D eigenvalue weighted by atomic mass is 9.92. The SMILES string of the molecule is CCOC(=O)CC(NC(=O)CC1CCCN(c2ccc(C=NN)cc2)C1=O)c1ccsc1. The molecule has 0 radical (unpaired) electrons. The van der Waals surface area contributed by atoms with Crippen LogP contribution in [-0.2, 0) is 19.1 Å². The van der Waals surface area contributed by atoms with Crippen LogP contribution in [0.5, 0.6) is 0 Å². The first kappa shape index (κ1) is 23.5. The average Bonchev–Trinajstić information content (AvgIpc) is 3.31. The number of nitrogens with zero attached hydrogens (tertiary/aromatic N) is 2. The van der Waals surface area contributed by atoms with Crippen molar-refractivity contribution in [3.8, 4) is 0 Å². The molecule has 9 heteroatoms. The Morgan fingerprint density at radius 1 is 1.34 bits per heavy atom. The maximum Gasteiger partial charge on any atom is 0.308 e. The highest BCUT2D eigenvalue weighted by atomic mass is 32.1. The number of esters is 1. The minimum Gasteiger partial charge on any atom is -0.466 e. The van der Waals surface area contributed by atoms with Crippen molar-refractivity contribution in [1.29, 1.82) is 0 Å². The summed E-state index contributed by atoms with van der Waals surface area (Å²) in [4.78, 5) is 39.6. The minimum absolute atomic E-state index is 0.0551. The largest absolute Gasteiger partial charge is 0.466 e. The van der Waals surface area contributed by atoms with Gasteiger partial charge in [-0.3, -0.25) is 14.4 Å². The smallest absolute Gasteiger partial charge is 0.308 e. The molecule has 2 heterocycles. The van der Waals surface area contributed by atoms with Crippen LogP contribution in [0.15, 0.2) is 46.2 Å². The van der Waals surface area contributed by atoms with Gasteiger partial charge in [-0.25, -0.2) is 0 Å². The summed E-state index contributed by atoms with van der Waals surface area (Å²) in [6.07, 6.45) is 3.14. The number of benzene rings is 1. The molecule has 1 aliphatic heterocycles. The van der Waals surface area contributed by atoms with Crippen LogP contribution >= 0.6 is 11.3 Å². The van der Waals surface area contributed by atoms with Crippen LogP contribution in [0, 0.1) is 5.92 Å². The van der Waals surface area contributed by atoms with E-state index in [1.54, 1.807) is 11.8 Å². The Labute approximate surface area is 191 Å². The molecule has 1 aromatic heterocycles. The van der Waals surface area contributed by atoms with Crippen molar-refractivity contribution in [3.63, 3.8) is 0 Å². The topological polar surface area (TPSA) is 114 Å². The molecular formula is C23H28N4O4S. The number of nitrogens with two attached hydrogens (primary N) is 1. The monoisotopic (exact) mass is 456 g/mol. The van der Waals surface area contributed by atoms with E-state index in [-0.39, 0.29) is 37.2 Å². The van der Waals surface area contributed by atoms with E-state index >= 15 is 0 Å². The van der Waals surface area contributed by atoms with Gasteiger partial charge in [-0.15, -0.1) is 0 Å². The van der Waals surface area contributed by atoms with Crippen LogP contribution in [0.25, 0.3) is 0 Å². The van der Waals surface area contributed by atoms with E-state index < -0.39 is 12.0 Å². The number of carbonyl (C=O) groups is 3. The molecule has 0 spiro atoms. The zero-order chi connectivity index (χ0) is 22.9. The Kier molecular flexibility index (Phi) is 8.38. The van der Waals surface area contributed by atoms with Crippen molar-refractivity contribution in [3.05, 3.63) is 52.2 Å². The fraction of sp³-hybridized carbons (Fsp3) is 0.391. The van der Waals surface area contributed by atoms with Gasteiger partial charge in [-0.05, 0) is 59.9 Å². The van der Waals surface area contributed by atoms with Crippen LogP contribution in [0.1, 0.15) is 49.8 Å². The maximum absolute atomic E-state index is 13.1. The van der Waals surface area contributed by atoms with E-state index in [0.717, 1.165) is 23.2 Å². The second kappa shape index (κ2) is 11.4. The van der Waals surface area contributed by atoms with Gasteiger partial charge in [-0.2, -0.15) is 16.4 Å². The fourth-order valence-corrected chi connectivity index (χ4v) is 4.53. The predicted octanol–water partition coefficient (Wildman–Crippen LogP) is 2.98. The van der Waals surface area contributed by atoms with Crippen molar-refractivity contribution in [2.24, 2.45) is 16.9 Å². The van der Waals surface area contributed by atoms with Crippen molar-refractivity contribution < 1.29 is 19.1 Å². The lowest BCUT2D eigenvalue weighted by molar-refractivity contribution is -0.144. The number of hydrazone groups is 1. The Morgan fingerprint density at radius 3 is 2.78 bits per heavy atom. The van der Waals surface area contributed by atoms with Gasteiger partial charge >= 0.3 is 5.97 Å². The molecule has 2 amide bonds. The number of piperidine rings is 1. The molecule has 170 valence electrons. The molecule has 3 rings (SSSR count). The molecule has 0 aliphatic carbocycles. The van der Waals surface area contributed by atoms with Gasteiger partial charge in [-0.1, -0.05) is 12.1 Å². The number of thiophene rings is 1. The number of hydrogen-bond acceptors (Lipinski definition) is 7. The van der Waals surface area contributed by atoms with Crippen molar-refractivity contribution in [1.82, 2.24) is 5.32 Å². The van der Waals surface area contributed by atoms with E-state index in [1.807, 2.05) is 41.1 Å². The number of hydrogen-bond donors (Lipinski definition) is 2. The van der Waals surface area contributed by atoms with E-state index in [4.69, 9.17) is 10.6 Å². The molecule has 32 heavy (non-hydrogen) atoms. The maximum atomic E-state index is 13.1. The van der Waals surface area contributed by atoms with Gasteiger partial charge in [0.1, 0.15) is 0 Å². The van der Waals surface area contributed by atoms with Crippen molar-refractivity contribution in [2.45, 2.75) is 38.6 Å². The summed E-state index contributed by atoms with van der Waals surface area (Å²) in [6.45, 7) is 2.65. The highest BCUT2D eigenvalue weighted by Gasteiger charge is 2.32. The highest BCUT2D eigenvalue weighted by Crippen LogP contribution is 2.27. The number of anilines is 1. The van der Waals surface area contributed by atoms with Gasteiger partial charge in [0.15, 0.2) is 0 Å². The number of carbonyl (C=O) groups excluding carboxylic acids is 3. The zero-order valence-corrected chi connectivity index (χ0v) is 18.8. The van der Waals surface area contributed by atoms with Crippen LogP contribution < -0.4 is 16.1 Å². The molecule has 1 saturated heterocycles. The lowest BCUT2D eigenvalue weighted by Gasteiger charge is -2.32. The Balaban J connectivity index is 1.63. The highest BCUT2D eigenvalue weighted by molar-refractivity contribution is 7.08. The molecule has 1 aromatic carbocycles. The number of ether oxygens (including phenoxy) is 1. The first-order valence-corrected chi connectivity index (χ1v) is 11.6. The van der Waals surface area contributed by atoms with Gasteiger partial charge in [0.25, 0.3) is 0 Å². The number of nitrogens with one attached hydrogen (secondary N) is 1. The Morgan fingerprint density at radius 2 is 2.12 bits per heavy atom. The summed E-state index contributed by atoms with van der Waals surface area (Å²) in [5.74, 6) is 4.09. The Bertz CT molecular complexity index is 943. The van der Waals surface area contributed by atoms with Crippen LogP contribution in [-0.4, -0.2) is 37.1 Å². The van der Waals surface area contributed by atoms with Crippen molar-refractivity contribution in [2.75, 3.05) is 18.1 Å². The van der Waals surface area contributed by atoms with Gasteiger partial charge in [0.05, 0.1) is 25.3 Å². The number of amides is 2. The fourth-order valence-electron chi connectivity index (χ4n) is 3.81. The summed E-state index contributed by atoms with van der Waals surface area (Å²) in [5.41, 5.74) is 2.49. The molecule has 0 saturated carbocycles. The van der Waals surface area contributed by atoms with Crippen LogP contribution in [0.4, 0.5) is 5.69 Å². The summed E-state index contributed by atoms with van der Waals surface area (Å²) >= 11 is 1.49. The number of rotatable bonds is 9. The van der Waals surface area contributed by atoms with Gasteiger partial charge in [0.2, 0.25) is 11.8 Å². The standard InChI is InChI=1S/C23H28N4O4S/c1-2-31-22(29)13-20(18-9-11-32-15-18)26-21(28)12-17-4-3-10-27(23(17)30)19-7-5-16(6-8-19)14-25-24/h5-9,11,14-15,17,20H,2-4,10,12-13,24H2,1H3,(H,26,28). The molecule has 8 nitrogen and oxygen atoms in total. The van der Waals surface area contributed by atoms with Crippen molar-refractivity contribution >= 4 is 41.0 Å². The van der Waals surface area contributed by atoms with Gasteiger partial charge in [0, 0.05) is 24.6 Å². The quantitative estimate of drug-likeness (QED) is 0.261. The van der Waals surface area contributed by atoms with Crippen LogP contribution in [0.2, 0.25) is 0 Å². The van der Waals surface area contributed by atoms with E-state index in [9.17, 15) is 14.4 Å². The predicted molar refractivity (Wildman–Crippen MR) is 124 cm³/mol. The molecule has 3 N–H and O–H groups in total. The average molecular weight is 457 g/mol.